The number of phenols is 2. The van der Waals surface area contributed by atoms with Crippen LogP contribution in [-0.4, -0.2) is 17.9 Å². The smallest absolute Gasteiger partial charge is 0.526 e. The topological polar surface area (TPSA) is 58.9 Å². The Labute approximate surface area is 120 Å². The molecular formula is C12H9BCl2O4. The molecule has 0 fully saturated rings. The minimum atomic E-state index is -0.207. The third kappa shape index (κ3) is 3.62. The molecule has 0 radical (unpaired) electrons. The van der Waals surface area contributed by atoms with Crippen LogP contribution in [-0.2, 0) is 0 Å². The highest BCUT2D eigenvalue weighted by atomic mass is 35.5. The van der Waals surface area contributed by atoms with Crippen LogP contribution in [0.4, 0.5) is 0 Å². The van der Waals surface area contributed by atoms with Gasteiger partial charge in [0.15, 0.2) is 11.5 Å². The Kier molecular flexibility index (Phi) is 4.29. The summed E-state index contributed by atoms with van der Waals surface area (Å²) in [4.78, 5) is 0. The van der Waals surface area contributed by atoms with Crippen LogP contribution in [0.5, 0.6) is 23.0 Å². The molecule has 2 aromatic carbocycles. The summed E-state index contributed by atoms with van der Waals surface area (Å²) in [6.45, 7) is 0. The van der Waals surface area contributed by atoms with Crippen molar-refractivity contribution >= 4 is 30.9 Å². The van der Waals surface area contributed by atoms with Crippen molar-refractivity contribution in [3.8, 4) is 23.0 Å². The van der Waals surface area contributed by atoms with Gasteiger partial charge in [-0.25, -0.2) is 0 Å². The normalized spacial score (nSPS) is 10.0. The summed E-state index contributed by atoms with van der Waals surface area (Å²) in [5.74, 6) is 0.273. The zero-order chi connectivity index (χ0) is 13.8. The number of hydrogen-bond donors (Lipinski definition) is 2. The van der Waals surface area contributed by atoms with Crippen molar-refractivity contribution in [1.82, 2.24) is 0 Å². The van der Waals surface area contributed by atoms with Gasteiger partial charge in [0.1, 0.15) is 11.5 Å². The zero-order valence-electron chi connectivity index (χ0n) is 9.64. The van der Waals surface area contributed by atoms with E-state index in [2.05, 4.69) is 0 Å². The molecule has 0 spiro atoms. The molecule has 7 heteroatoms. The maximum absolute atomic E-state index is 9.52. The molecule has 2 aromatic rings. The fourth-order valence-corrected chi connectivity index (χ4v) is 1.69. The Morgan fingerprint density at radius 1 is 0.789 bits per heavy atom. The van der Waals surface area contributed by atoms with Crippen LogP contribution < -0.4 is 9.31 Å². The second-order valence-corrected chi connectivity index (χ2v) is 4.50. The summed E-state index contributed by atoms with van der Waals surface area (Å²) >= 11 is 11.5. The molecule has 0 aliphatic carbocycles. The molecule has 19 heavy (non-hydrogen) atoms. The molecule has 0 amide bonds. The van der Waals surface area contributed by atoms with E-state index in [-0.39, 0.29) is 30.7 Å². The Morgan fingerprint density at radius 2 is 1.21 bits per heavy atom. The molecule has 98 valence electrons. The number of hydrogen-bond acceptors (Lipinski definition) is 4. The summed E-state index contributed by atoms with van der Waals surface area (Å²) < 4.78 is 10.4. The Bertz CT molecular complexity index is 540. The Hall–Kier alpha value is -1.72. The number of aromatic hydroxyl groups is 2. The molecule has 0 unspecified atom stereocenters. The number of benzene rings is 2. The Balaban J connectivity index is 2.00. The lowest BCUT2D eigenvalue weighted by atomic mass is 10.2. The van der Waals surface area contributed by atoms with Crippen molar-refractivity contribution in [3.63, 3.8) is 0 Å². The van der Waals surface area contributed by atoms with Crippen LogP contribution in [0.25, 0.3) is 0 Å². The van der Waals surface area contributed by atoms with Gasteiger partial charge >= 0.3 is 7.69 Å². The molecule has 2 rings (SSSR count). The van der Waals surface area contributed by atoms with Crippen LogP contribution >= 0.6 is 23.2 Å². The van der Waals surface area contributed by atoms with Gasteiger partial charge in [0.25, 0.3) is 0 Å². The maximum Gasteiger partial charge on any atom is 0.576 e. The maximum atomic E-state index is 9.52. The second kappa shape index (κ2) is 5.95. The first kappa shape index (κ1) is 13.7. The largest absolute Gasteiger partial charge is 0.576 e. The summed E-state index contributed by atoms with van der Waals surface area (Å²) in [5.41, 5.74) is 0. The van der Waals surface area contributed by atoms with E-state index >= 15 is 0 Å². The fraction of sp³-hybridized carbons (Fsp3) is 0. The predicted molar refractivity (Wildman–Crippen MR) is 74.6 cm³/mol. The van der Waals surface area contributed by atoms with Crippen molar-refractivity contribution in [2.45, 2.75) is 0 Å². The highest BCUT2D eigenvalue weighted by Crippen LogP contribution is 2.30. The van der Waals surface area contributed by atoms with E-state index in [0.717, 1.165) is 0 Å². The molecule has 0 saturated heterocycles. The second-order valence-electron chi connectivity index (χ2n) is 3.63. The van der Waals surface area contributed by atoms with Crippen LogP contribution in [0.3, 0.4) is 0 Å². The molecule has 2 N–H and O–H groups in total. The van der Waals surface area contributed by atoms with E-state index in [1.807, 2.05) is 0 Å². The molecule has 4 nitrogen and oxygen atoms in total. The summed E-state index contributed by atoms with van der Waals surface area (Å²) in [5, 5.41) is 19.9. The van der Waals surface area contributed by atoms with Gasteiger partial charge in [0, 0.05) is 22.2 Å². The van der Waals surface area contributed by atoms with Crippen molar-refractivity contribution in [2.24, 2.45) is 0 Å². The lowest BCUT2D eigenvalue weighted by molar-refractivity contribution is 0.397. The van der Waals surface area contributed by atoms with Gasteiger partial charge in [0.05, 0.1) is 0 Å². The molecule has 0 aliphatic rings. The van der Waals surface area contributed by atoms with E-state index in [1.54, 1.807) is 0 Å². The third-order valence-corrected chi connectivity index (χ3v) is 2.74. The molecular weight excluding hydrogens is 290 g/mol. The van der Waals surface area contributed by atoms with E-state index in [1.165, 1.54) is 36.4 Å². The monoisotopic (exact) mass is 298 g/mol. The van der Waals surface area contributed by atoms with Crippen LogP contribution in [0, 0.1) is 0 Å². The lowest BCUT2D eigenvalue weighted by Gasteiger charge is -2.10. The van der Waals surface area contributed by atoms with E-state index in [9.17, 15) is 10.2 Å². The van der Waals surface area contributed by atoms with Crippen LogP contribution in [0.15, 0.2) is 36.4 Å². The number of halogens is 2. The molecule has 0 aromatic heterocycles. The number of phenolic OH excluding ortho intramolecular Hbond substituents is 2. The molecule has 0 bridgehead atoms. The third-order valence-electron chi connectivity index (χ3n) is 2.27. The summed E-state index contributed by atoms with van der Waals surface area (Å²) in [7, 11) is -0.207. The highest BCUT2D eigenvalue weighted by Gasteiger charge is 2.08. The average molecular weight is 299 g/mol. The van der Waals surface area contributed by atoms with Crippen molar-refractivity contribution < 1.29 is 19.5 Å². The number of rotatable bonds is 4. The first-order valence-corrected chi connectivity index (χ1v) is 6.04. The minimum Gasteiger partial charge on any atom is -0.526 e. The summed E-state index contributed by atoms with van der Waals surface area (Å²) in [6.07, 6.45) is 0. The van der Waals surface area contributed by atoms with Gasteiger partial charge in [-0.2, -0.15) is 0 Å². The summed E-state index contributed by atoms with van der Waals surface area (Å²) in [6, 6.07) is 8.81. The SMILES string of the molecule is Oc1ccc(Cl)cc1OBOc1cc(Cl)ccc1O. The van der Waals surface area contributed by atoms with Gasteiger partial charge in [-0.1, -0.05) is 23.2 Å². The lowest BCUT2D eigenvalue weighted by Crippen LogP contribution is -2.11. The van der Waals surface area contributed by atoms with Crippen molar-refractivity contribution in [2.75, 3.05) is 0 Å². The first-order chi connectivity index (χ1) is 9.06. The van der Waals surface area contributed by atoms with E-state index in [0.29, 0.717) is 10.0 Å². The van der Waals surface area contributed by atoms with Gasteiger partial charge in [-0.15, -0.1) is 0 Å². The molecule has 0 aliphatic heterocycles. The van der Waals surface area contributed by atoms with Crippen LogP contribution in [0.2, 0.25) is 10.0 Å². The standard InChI is InChI=1S/C12H9BCl2O4/c14-7-1-3-9(16)11(5-7)18-13-19-12-6-8(15)2-4-10(12)17/h1-6,13,16-17H. The fourth-order valence-electron chi connectivity index (χ4n) is 1.36. The van der Waals surface area contributed by atoms with Gasteiger partial charge < -0.3 is 19.5 Å². The van der Waals surface area contributed by atoms with Crippen LogP contribution in [0.1, 0.15) is 0 Å². The molecule has 0 heterocycles. The predicted octanol–water partition coefficient (Wildman–Crippen LogP) is 3.13. The van der Waals surface area contributed by atoms with Crippen molar-refractivity contribution in [1.29, 1.82) is 0 Å². The van der Waals surface area contributed by atoms with Gasteiger partial charge in [0.2, 0.25) is 0 Å². The highest BCUT2D eigenvalue weighted by molar-refractivity contribution is 6.31. The molecule has 0 saturated carbocycles. The molecule has 0 atom stereocenters. The first-order valence-electron chi connectivity index (χ1n) is 5.29. The van der Waals surface area contributed by atoms with Gasteiger partial charge in [-0.05, 0) is 24.3 Å². The average Bonchev–Trinajstić information content (AvgIpc) is 2.38. The van der Waals surface area contributed by atoms with E-state index < -0.39 is 0 Å². The van der Waals surface area contributed by atoms with Gasteiger partial charge in [-0.3, -0.25) is 0 Å². The zero-order valence-corrected chi connectivity index (χ0v) is 11.1. The Morgan fingerprint density at radius 3 is 1.63 bits per heavy atom. The van der Waals surface area contributed by atoms with E-state index in [4.69, 9.17) is 32.5 Å². The van der Waals surface area contributed by atoms with Crippen molar-refractivity contribution in [3.05, 3.63) is 46.4 Å². The minimum absolute atomic E-state index is 0.0525. The quantitative estimate of drug-likeness (QED) is 0.852.